The van der Waals surface area contributed by atoms with E-state index in [-0.39, 0.29) is 12.0 Å². The zero-order valence-electron chi connectivity index (χ0n) is 15.4. The lowest BCUT2D eigenvalue weighted by Crippen LogP contribution is -2.38. The second kappa shape index (κ2) is 7.68. The number of amides is 1. The Morgan fingerprint density at radius 2 is 2.15 bits per heavy atom. The van der Waals surface area contributed by atoms with Crippen LogP contribution >= 0.6 is 0 Å². The number of nitrogens with zero attached hydrogens (tertiary/aromatic N) is 2. The molecule has 1 aromatic heterocycles. The van der Waals surface area contributed by atoms with Crippen LogP contribution in [-0.2, 0) is 11.3 Å². The summed E-state index contributed by atoms with van der Waals surface area (Å²) >= 11 is 0. The van der Waals surface area contributed by atoms with E-state index in [1.54, 1.807) is 0 Å². The molecule has 0 radical (unpaired) electrons. The van der Waals surface area contributed by atoms with E-state index in [2.05, 4.69) is 21.7 Å². The monoisotopic (exact) mass is 357 g/mol. The van der Waals surface area contributed by atoms with E-state index in [1.807, 2.05) is 24.3 Å². The van der Waals surface area contributed by atoms with Gasteiger partial charge in [0, 0.05) is 25.0 Å². The number of rotatable bonds is 6. The molecule has 2 aliphatic heterocycles. The van der Waals surface area contributed by atoms with Crippen LogP contribution in [0.5, 0.6) is 5.75 Å². The lowest BCUT2D eigenvalue weighted by Gasteiger charge is -2.27. The summed E-state index contributed by atoms with van der Waals surface area (Å²) in [6, 6.07) is 8.01. The molecule has 26 heavy (non-hydrogen) atoms. The number of para-hydroxylation sites is 1. The van der Waals surface area contributed by atoms with E-state index >= 15 is 0 Å². The first kappa shape index (κ1) is 17.4. The summed E-state index contributed by atoms with van der Waals surface area (Å²) in [6.07, 6.45) is 2.00. The third kappa shape index (κ3) is 3.44. The van der Waals surface area contributed by atoms with Gasteiger partial charge in [0.25, 0.3) is 5.91 Å². The largest absolute Gasteiger partial charge is 0.486 e. The van der Waals surface area contributed by atoms with Crippen molar-refractivity contribution in [1.29, 1.82) is 0 Å². The zero-order chi connectivity index (χ0) is 17.9. The van der Waals surface area contributed by atoms with Crippen molar-refractivity contribution in [3.63, 3.8) is 0 Å². The first-order valence-electron chi connectivity index (χ1n) is 9.63. The molecule has 0 saturated carbocycles. The molecule has 1 N–H and O–H groups in total. The molecule has 1 fully saturated rings. The summed E-state index contributed by atoms with van der Waals surface area (Å²) in [5.41, 5.74) is 1.77. The summed E-state index contributed by atoms with van der Waals surface area (Å²) in [5, 5.41) is 4.16. The van der Waals surface area contributed by atoms with Gasteiger partial charge in [-0.05, 0) is 31.5 Å². The molecule has 0 aliphatic carbocycles. The topological polar surface area (TPSA) is 55.7 Å². The van der Waals surface area contributed by atoms with Gasteiger partial charge in [-0.3, -0.25) is 9.69 Å². The highest BCUT2D eigenvalue weighted by Crippen LogP contribution is 2.34. The third-order valence-corrected chi connectivity index (χ3v) is 5.29. The maximum atomic E-state index is 12.8. The average molecular weight is 357 g/mol. The van der Waals surface area contributed by atoms with Gasteiger partial charge in [-0.1, -0.05) is 19.1 Å². The fourth-order valence-corrected chi connectivity index (χ4v) is 3.82. The highest BCUT2D eigenvalue weighted by atomic mass is 16.5. The predicted octanol–water partition coefficient (Wildman–Crippen LogP) is 2.26. The first-order valence-corrected chi connectivity index (χ1v) is 9.63. The SMILES string of the molecule is CCC1Cn2c(C(=O)NCCCN3CCOCC3)cc3cccc(c32)O1. The summed E-state index contributed by atoms with van der Waals surface area (Å²) < 4.78 is 13.5. The van der Waals surface area contributed by atoms with Crippen LogP contribution < -0.4 is 10.1 Å². The van der Waals surface area contributed by atoms with Gasteiger partial charge in [-0.25, -0.2) is 0 Å². The van der Waals surface area contributed by atoms with Crippen molar-refractivity contribution in [2.24, 2.45) is 0 Å². The Morgan fingerprint density at radius 3 is 2.96 bits per heavy atom. The van der Waals surface area contributed by atoms with E-state index in [0.29, 0.717) is 6.54 Å². The van der Waals surface area contributed by atoms with Gasteiger partial charge >= 0.3 is 0 Å². The molecular formula is C20H27N3O3. The number of carbonyl (C=O) groups is 1. The molecule has 2 aliphatic rings. The van der Waals surface area contributed by atoms with Crippen LogP contribution in [0.15, 0.2) is 24.3 Å². The molecule has 1 saturated heterocycles. The molecule has 1 unspecified atom stereocenters. The number of ether oxygens (including phenoxy) is 2. The van der Waals surface area contributed by atoms with Gasteiger partial charge in [0.15, 0.2) is 0 Å². The Labute approximate surface area is 154 Å². The van der Waals surface area contributed by atoms with E-state index in [0.717, 1.165) is 74.6 Å². The third-order valence-electron chi connectivity index (χ3n) is 5.29. The fraction of sp³-hybridized carbons (Fsp3) is 0.550. The summed E-state index contributed by atoms with van der Waals surface area (Å²) in [6.45, 7) is 8.15. The number of carbonyl (C=O) groups excluding carboxylic acids is 1. The smallest absolute Gasteiger partial charge is 0.267 e. The molecule has 6 heteroatoms. The van der Waals surface area contributed by atoms with Crippen molar-refractivity contribution in [3.05, 3.63) is 30.0 Å². The minimum atomic E-state index is 0.00544. The summed E-state index contributed by atoms with van der Waals surface area (Å²) in [5.74, 6) is 0.887. The lowest BCUT2D eigenvalue weighted by molar-refractivity contribution is 0.0374. The van der Waals surface area contributed by atoms with Crippen LogP contribution in [0.25, 0.3) is 10.9 Å². The van der Waals surface area contributed by atoms with Crippen LogP contribution in [0.2, 0.25) is 0 Å². The number of hydrogen-bond donors (Lipinski definition) is 1. The molecule has 0 bridgehead atoms. The van der Waals surface area contributed by atoms with Gasteiger partial charge in [0.05, 0.1) is 25.3 Å². The Bertz CT molecular complexity index is 780. The van der Waals surface area contributed by atoms with E-state index in [9.17, 15) is 4.79 Å². The second-order valence-corrected chi connectivity index (χ2v) is 7.05. The average Bonchev–Trinajstić information content (AvgIpc) is 3.06. The highest BCUT2D eigenvalue weighted by molar-refractivity contribution is 6.00. The van der Waals surface area contributed by atoms with Crippen molar-refractivity contribution in [3.8, 4) is 5.75 Å². The van der Waals surface area contributed by atoms with Crippen LogP contribution in [0, 0.1) is 0 Å². The van der Waals surface area contributed by atoms with Crippen molar-refractivity contribution in [1.82, 2.24) is 14.8 Å². The number of nitrogens with one attached hydrogen (secondary N) is 1. The quantitative estimate of drug-likeness (QED) is 0.806. The Hall–Kier alpha value is -2.05. The lowest BCUT2D eigenvalue weighted by atomic mass is 10.2. The normalized spacial score (nSPS) is 20.1. The van der Waals surface area contributed by atoms with Gasteiger partial charge in [0.2, 0.25) is 0 Å². The van der Waals surface area contributed by atoms with E-state index < -0.39 is 0 Å². The van der Waals surface area contributed by atoms with E-state index in [4.69, 9.17) is 9.47 Å². The maximum Gasteiger partial charge on any atom is 0.267 e. The Morgan fingerprint density at radius 1 is 1.31 bits per heavy atom. The zero-order valence-corrected chi connectivity index (χ0v) is 15.4. The standard InChI is InChI=1S/C20H27N3O3/c1-2-16-14-23-17(13-15-5-3-6-18(26-16)19(15)23)20(24)21-7-4-8-22-9-11-25-12-10-22/h3,5-6,13,16H,2,4,7-12,14H2,1H3,(H,21,24). The van der Waals surface area contributed by atoms with Crippen LogP contribution in [0.4, 0.5) is 0 Å². The molecule has 1 aromatic carbocycles. The number of benzene rings is 1. The molecule has 140 valence electrons. The molecular weight excluding hydrogens is 330 g/mol. The summed E-state index contributed by atoms with van der Waals surface area (Å²) in [4.78, 5) is 15.2. The molecule has 6 nitrogen and oxygen atoms in total. The minimum absolute atomic E-state index is 0.00544. The van der Waals surface area contributed by atoms with Gasteiger partial charge in [0.1, 0.15) is 17.5 Å². The van der Waals surface area contributed by atoms with Gasteiger partial charge < -0.3 is 19.4 Å². The molecule has 1 amide bonds. The van der Waals surface area contributed by atoms with Crippen molar-refractivity contribution < 1.29 is 14.3 Å². The number of morpholine rings is 1. The molecule has 4 rings (SSSR count). The van der Waals surface area contributed by atoms with Gasteiger partial charge in [-0.15, -0.1) is 0 Å². The number of aromatic nitrogens is 1. The van der Waals surface area contributed by atoms with E-state index in [1.165, 1.54) is 0 Å². The van der Waals surface area contributed by atoms with Crippen LogP contribution in [0.3, 0.4) is 0 Å². The maximum absolute atomic E-state index is 12.8. The Balaban J connectivity index is 1.42. The highest BCUT2D eigenvalue weighted by Gasteiger charge is 2.25. The number of hydrogen-bond acceptors (Lipinski definition) is 4. The minimum Gasteiger partial charge on any atom is -0.486 e. The van der Waals surface area contributed by atoms with Gasteiger partial charge in [-0.2, -0.15) is 0 Å². The fourth-order valence-electron chi connectivity index (χ4n) is 3.82. The van der Waals surface area contributed by atoms with Crippen molar-refractivity contribution in [2.45, 2.75) is 32.4 Å². The van der Waals surface area contributed by atoms with Crippen LogP contribution in [-0.4, -0.2) is 60.9 Å². The molecule has 2 aromatic rings. The molecule has 0 spiro atoms. The van der Waals surface area contributed by atoms with Crippen molar-refractivity contribution in [2.75, 3.05) is 39.4 Å². The predicted molar refractivity (Wildman–Crippen MR) is 101 cm³/mol. The molecule has 3 heterocycles. The Kier molecular flexibility index (Phi) is 5.13. The first-order chi connectivity index (χ1) is 12.8. The van der Waals surface area contributed by atoms with Crippen LogP contribution in [0.1, 0.15) is 30.3 Å². The molecule has 1 atom stereocenters. The summed E-state index contributed by atoms with van der Waals surface area (Å²) in [7, 11) is 0. The second-order valence-electron chi connectivity index (χ2n) is 7.05. The van der Waals surface area contributed by atoms with Crippen molar-refractivity contribution >= 4 is 16.8 Å².